The van der Waals surface area contributed by atoms with E-state index in [2.05, 4.69) is 24.2 Å². The van der Waals surface area contributed by atoms with E-state index < -0.39 is 0 Å². The fraction of sp³-hybridized carbons (Fsp3) is 0.714. The van der Waals surface area contributed by atoms with Crippen molar-refractivity contribution in [2.24, 2.45) is 0 Å². The number of nitrogens with zero attached hydrogens (tertiary/aromatic N) is 1. The summed E-state index contributed by atoms with van der Waals surface area (Å²) in [6, 6.07) is 2.01. The molecule has 0 saturated carbocycles. The molecule has 1 aromatic rings. The first-order chi connectivity index (χ1) is 8.78. The third-order valence-corrected chi connectivity index (χ3v) is 3.37. The van der Waals surface area contributed by atoms with Gasteiger partial charge in [0, 0.05) is 25.2 Å². The molecule has 102 valence electrons. The summed E-state index contributed by atoms with van der Waals surface area (Å²) in [6.07, 6.45) is 6.66. The van der Waals surface area contributed by atoms with E-state index in [0.717, 1.165) is 26.2 Å². The Hall–Kier alpha value is -0.840. The van der Waals surface area contributed by atoms with E-state index >= 15 is 0 Å². The zero-order valence-corrected chi connectivity index (χ0v) is 11.4. The molecule has 0 amide bonds. The summed E-state index contributed by atoms with van der Waals surface area (Å²) in [4.78, 5) is 2.30. The van der Waals surface area contributed by atoms with Gasteiger partial charge in [-0.1, -0.05) is 6.92 Å². The Labute approximate surface area is 109 Å². The van der Waals surface area contributed by atoms with E-state index in [1.165, 1.54) is 18.4 Å². The highest BCUT2D eigenvalue weighted by Crippen LogP contribution is 2.20. The van der Waals surface area contributed by atoms with Gasteiger partial charge in [-0.25, -0.2) is 0 Å². The van der Waals surface area contributed by atoms with Crippen molar-refractivity contribution in [2.75, 3.05) is 26.7 Å². The van der Waals surface area contributed by atoms with Crippen LogP contribution in [-0.2, 0) is 11.3 Å². The van der Waals surface area contributed by atoms with Crippen molar-refractivity contribution in [3.63, 3.8) is 0 Å². The van der Waals surface area contributed by atoms with Crippen molar-refractivity contribution in [3.8, 4) is 0 Å². The van der Waals surface area contributed by atoms with Gasteiger partial charge in [0.1, 0.15) is 0 Å². The molecule has 2 rings (SSSR count). The summed E-state index contributed by atoms with van der Waals surface area (Å²) in [6.45, 7) is 6.05. The molecule has 1 saturated heterocycles. The van der Waals surface area contributed by atoms with Crippen molar-refractivity contribution in [3.05, 3.63) is 24.2 Å². The standard InChI is InChI=1S/C14H24N2O2/c1-3-15-8-13-4-5-14(18-13)10-16(2)9-12-6-7-17-11-12/h6-7,11,13-15H,3-5,8-10H2,1-2H3. The molecule has 1 fully saturated rings. The van der Waals surface area contributed by atoms with Crippen LogP contribution in [-0.4, -0.2) is 43.8 Å². The zero-order chi connectivity index (χ0) is 12.8. The number of nitrogens with one attached hydrogen (secondary N) is 1. The van der Waals surface area contributed by atoms with Gasteiger partial charge in [0.2, 0.25) is 0 Å². The van der Waals surface area contributed by atoms with E-state index in [9.17, 15) is 0 Å². The molecule has 18 heavy (non-hydrogen) atoms. The summed E-state index contributed by atoms with van der Waals surface area (Å²) in [5, 5.41) is 3.35. The number of furan rings is 1. The third-order valence-electron chi connectivity index (χ3n) is 3.37. The number of likely N-dealkylation sites (N-methyl/N-ethyl adjacent to an activating group) is 2. The molecule has 0 radical (unpaired) electrons. The van der Waals surface area contributed by atoms with Crippen LogP contribution in [0.1, 0.15) is 25.3 Å². The third kappa shape index (κ3) is 4.12. The van der Waals surface area contributed by atoms with Crippen LogP contribution in [0.2, 0.25) is 0 Å². The SMILES string of the molecule is CCNCC1CCC(CN(C)Cc2ccoc2)O1. The molecule has 1 aliphatic rings. The normalized spacial score (nSPS) is 23.9. The maximum Gasteiger partial charge on any atom is 0.0947 e. The second-order valence-corrected chi connectivity index (χ2v) is 5.09. The number of rotatable bonds is 7. The van der Waals surface area contributed by atoms with Crippen LogP contribution in [0, 0.1) is 0 Å². The lowest BCUT2D eigenvalue weighted by molar-refractivity contribution is 0.0269. The largest absolute Gasteiger partial charge is 0.472 e. The summed E-state index contributed by atoms with van der Waals surface area (Å²) in [7, 11) is 2.13. The average molecular weight is 252 g/mol. The van der Waals surface area contributed by atoms with Gasteiger partial charge in [0.25, 0.3) is 0 Å². The monoisotopic (exact) mass is 252 g/mol. The first kappa shape index (κ1) is 13.6. The van der Waals surface area contributed by atoms with E-state index in [1.54, 1.807) is 12.5 Å². The lowest BCUT2D eigenvalue weighted by atomic mass is 10.2. The number of ether oxygens (including phenoxy) is 1. The predicted octanol–water partition coefficient (Wildman–Crippen LogP) is 1.87. The molecule has 0 aromatic carbocycles. The van der Waals surface area contributed by atoms with E-state index in [0.29, 0.717) is 12.2 Å². The molecule has 1 N–H and O–H groups in total. The quantitative estimate of drug-likeness (QED) is 0.804. The van der Waals surface area contributed by atoms with Gasteiger partial charge in [-0.2, -0.15) is 0 Å². The van der Waals surface area contributed by atoms with Crippen molar-refractivity contribution >= 4 is 0 Å². The van der Waals surface area contributed by atoms with Crippen LogP contribution in [0.3, 0.4) is 0 Å². The lowest BCUT2D eigenvalue weighted by Gasteiger charge is -2.21. The summed E-state index contributed by atoms with van der Waals surface area (Å²) in [5.74, 6) is 0. The van der Waals surface area contributed by atoms with E-state index in [4.69, 9.17) is 9.15 Å². The first-order valence-corrected chi connectivity index (χ1v) is 6.83. The molecule has 4 nitrogen and oxygen atoms in total. The van der Waals surface area contributed by atoms with E-state index in [1.807, 2.05) is 6.07 Å². The molecular weight excluding hydrogens is 228 g/mol. The van der Waals surface area contributed by atoms with Crippen molar-refractivity contribution < 1.29 is 9.15 Å². The highest BCUT2D eigenvalue weighted by Gasteiger charge is 2.25. The first-order valence-electron chi connectivity index (χ1n) is 6.83. The topological polar surface area (TPSA) is 37.6 Å². The molecule has 2 heterocycles. The minimum absolute atomic E-state index is 0.380. The number of hydrogen-bond acceptors (Lipinski definition) is 4. The molecule has 0 bridgehead atoms. The average Bonchev–Trinajstić information content (AvgIpc) is 2.98. The second kappa shape index (κ2) is 6.92. The van der Waals surface area contributed by atoms with Crippen LogP contribution in [0.5, 0.6) is 0 Å². The minimum atomic E-state index is 0.380. The summed E-state index contributed by atoms with van der Waals surface area (Å²) in [5.41, 5.74) is 1.22. The molecular formula is C14H24N2O2. The highest BCUT2D eigenvalue weighted by atomic mass is 16.5. The maximum atomic E-state index is 6.03. The lowest BCUT2D eigenvalue weighted by Crippen LogP contribution is -2.31. The van der Waals surface area contributed by atoms with Crippen LogP contribution in [0.4, 0.5) is 0 Å². The van der Waals surface area contributed by atoms with Crippen LogP contribution in [0.25, 0.3) is 0 Å². The summed E-state index contributed by atoms with van der Waals surface area (Å²) < 4.78 is 11.1. The Morgan fingerprint density at radius 1 is 1.39 bits per heavy atom. The zero-order valence-electron chi connectivity index (χ0n) is 11.4. The molecule has 2 unspecified atom stereocenters. The Morgan fingerprint density at radius 2 is 2.22 bits per heavy atom. The molecule has 1 aliphatic heterocycles. The Bertz CT molecular complexity index is 327. The second-order valence-electron chi connectivity index (χ2n) is 5.09. The molecule has 1 aromatic heterocycles. The van der Waals surface area contributed by atoms with Crippen molar-refractivity contribution in [1.82, 2.24) is 10.2 Å². The molecule has 0 aliphatic carbocycles. The smallest absolute Gasteiger partial charge is 0.0947 e. The Balaban J connectivity index is 1.67. The van der Waals surface area contributed by atoms with Crippen LogP contribution < -0.4 is 5.32 Å². The molecule has 4 heteroatoms. The van der Waals surface area contributed by atoms with Gasteiger partial charge < -0.3 is 14.5 Å². The molecule has 2 atom stereocenters. The maximum absolute atomic E-state index is 6.03. The van der Waals surface area contributed by atoms with Gasteiger partial charge >= 0.3 is 0 Å². The predicted molar refractivity (Wildman–Crippen MR) is 71.5 cm³/mol. The Morgan fingerprint density at radius 3 is 2.94 bits per heavy atom. The number of hydrogen-bond donors (Lipinski definition) is 1. The van der Waals surface area contributed by atoms with Gasteiger partial charge in [-0.15, -0.1) is 0 Å². The van der Waals surface area contributed by atoms with E-state index in [-0.39, 0.29) is 0 Å². The molecule has 0 spiro atoms. The van der Waals surface area contributed by atoms with Crippen LogP contribution in [0.15, 0.2) is 23.0 Å². The Kier molecular flexibility index (Phi) is 5.23. The fourth-order valence-electron chi connectivity index (χ4n) is 2.48. The van der Waals surface area contributed by atoms with Gasteiger partial charge in [-0.05, 0) is 32.5 Å². The minimum Gasteiger partial charge on any atom is -0.472 e. The van der Waals surface area contributed by atoms with Crippen LogP contribution >= 0.6 is 0 Å². The highest BCUT2D eigenvalue weighted by molar-refractivity contribution is 5.04. The summed E-state index contributed by atoms with van der Waals surface area (Å²) >= 11 is 0. The van der Waals surface area contributed by atoms with Gasteiger partial charge in [-0.3, -0.25) is 4.90 Å². The van der Waals surface area contributed by atoms with Gasteiger partial charge in [0.05, 0.1) is 24.7 Å². The fourth-order valence-corrected chi connectivity index (χ4v) is 2.48. The van der Waals surface area contributed by atoms with Crippen molar-refractivity contribution in [1.29, 1.82) is 0 Å². The van der Waals surface area contributed by atoms with Gasteiger partial charge in [0.15, 0.2) is 0 Å². The van der Waals surface area contributed by atoms with Crippen molar-refractivity contribution in [2.45, 2.75) is 38.5 Å².